The third kappa shape index (κ3) is 5.55. The van der Waals surface area contributed by atoms with Crippen LogP contribution in [0, 0.1) is 0 Å². The Kier molecular flexibility index (Phi) is 4.77. The Morgan fingerprint density at radius 2 is 2.18 bits per heavy atom. The van der Waals surface area contributed by atoms with E-state index < -0.39 is 15.9 Å². The van der Waals surface area contributed by atoms with Gasteiger partial charge < -0.3 is 5.73 Å². The molecule has 2 N–H and O–H groups in total. The van der Waals surface area contributed by atoms with Gasteiger partial charge in [0.15, 0.2) is 5.78 Å². The van der Waals surface area contributed by atoms with Gasteiger partial charge in [0, 0.05) is 18.1 Å². The molecule has 6 heteroatoms. The number of carbonyl (C=O) groups is 1. The molecule has 0 saturated carbocycles. The first kappa shape index (κ1) is 13.8. The Bertz CT molecular complexity index is 471. The van der Waals surface area contributed by atoms with Crippen LogP contribution in [0.15, 0.2) is 24.4 Å². The van der Waals surface area contributed by atoms with Crippen molar-refractivity contribution >= 4 is 15.6 Å². The van der Waals surface area contributed by atoms with Gasteiger partial charge >= 0.3 is 0 Å². The molecule has 1 aromatic heterocycles. The highest BCUT2D eigenvalue weighted by atomic mass is 32.2. The number of pyridine rings is 1. The number of nitrogens with zero attached hydrogens (tertiary/aromatic N) is 1. The SMILES string of the molecule is CS(=O)(=O)CCC(N)C(=O)Cc1ccccn1. The van der Waals surface area contributed by atoms with Crippen LogP contribution in [0.4, 0.5) is 0 Å². The maximum atomic E-state index is 11.7. The van der Waals surface area contributed by atoms with Gasteiger partial charge in [-0.1, -0.05) is 6.07 Å². The Labute approximate surface area is 101 Å². The van der Waals surface area contributed by atoms with E-state index in [1.807, 2.05) is 0 Å². The Morgan fingerprint density at radius 3 is 2.71 bits per heavy atom. The van der Waals surface area contributed by atoms with Gasteiger partial charge in [0.1, 0.15) is 9.84 Å². The largest absolute Gasteiger partial charge is 0.321 e. The molecule has 0 amide bonds. The van der Waals surface area contributed by atoms with Gasteiger partial charge in [-0.2, -0.15) is 0 Å². The molecule has 0 radical (unpaired) electrons. The molecule has 5 nitrogen and oxygen atoms in total. The Balaban J connectivity index is 2.48. The highest BCUT2D eigenvalue weighted by Gasteiger charge is 2.16. The standard InChI is InChI=1S/C11H16N2O3S/c1-17(15,16)7-5-10(12)11(14)8-9-4-2-3-6-13-9/h2-4,6,10H,5,7-8,12H2,1H3. The molecule has 0 aromatic carbocycles. The van der Waals surface area contributed by atoms with Gasteiger partial charge in [-0.3, -0.25) is 9.78 Å². The van der Waals surface area contributed by atoms with E-state index in [1.165, 1.54) is 0 Å². The van der Waals surface area contributed by atoms with Crippen LogP contribution in [-0.4, -0.2) is 37.2 Å². The summed E-state index contributed by atoms with van der Waals surface area (Å²) in [5, 5.41) is 0. The van der Waals surface area contributed by atoms with Crippen molar-refractivity contribution in [2.45, 2.75) is 18.9 Å². The second-order valence-electron chi connectivity index (χ2n) is 3.99. The van der Waals surface area contributed by atoms with Crippen LogP contribution in [0.5, 0.6) is 0 Å². The maximum absolute atomic E-state index is 11.7. The number of Topliss-reactive ketones (excluding diaryl/α,β-unsaturated/α-hetero) is 1. The van der Waals surface area contributed by atoms with Crippen molar-refractivity contribution in [1.82, 2.24) is 4.98 Å². The molecule has 1 atom stereocenters. The quantitative estimate of drug-likeness (QED) is 0.771. The molecule has 0 saturated heterocycles. The van der Waals surface area contributed by atoms with E-state index in [1.54, 1.807) is 24.4 Å². The lowest BCUT2D eigenvalue weighted by Gasteiger charge is -2.09. The summed E-state index contributed by atoms with van der Waals surface area (Å²) in [6.07, 6.45) is 3.03. The minimum absolute atomic E-state index is 0.0673. The lowest BCUT2D eigenvalue weighted by Crippen LogP contribution is -2.33. The minimum atomic E-state index is -3.07. The van der Waals surface area contributed by atoms with Crippen molar-refractivity contribution in [1.29, 1.82) is 0 Å². The predicted octanol–water partition coefficient (Wildman–Crippen LogP) is -0.0448. The average Bonchev–Trinajstić information content (AvgIpc) is 2.26. The Hall–Kier alpha value is -1.27. The van der Waals surface area contributed by atoms with Gasteiger partial charge in [0.05, 0.1) is 18.2 Å². The molecule has 1 aromatic rings. The lowest BCUT2D eigenvalue weighted by molar-refractivity contribution is -0.119. The molecule has 0 aliphatic carbocycles. The maximum Gasteiger partial charge on any atom is 0.155 e. The lowest BCUT2D eigenvalue weighted by atomic mass is 10.1. The Morgan fingerprint density at radius 1 is 1.47 bits per heavy atom. The first-order valence-electron chi connectivity index (χ1n) is 5.24. The molecule has 0 bridgehead atoms. The van der Waals surface area contributed by atoms with Crippen LogP contribution in [0.2, 0.25) is 0 Å². The smallest absolute Gasteiger partial charge is 0.155 e. The van der Waals surface area contributed by atoms with Crippen molar-refractivity contribution in [3.63, 3.8) is 0 Å². The normalized spacial score (nSPS) is 13.3. The number of nitrogens with two attached hydrogens (primary N) is 1. The fraction of sp³-hybridized carbons (Fsp3) is 0.455. The summed E-state index contributed by atoms with van der Waals surface area (Å²) in [6.45, 7) is 0. The zero-order valence-corrected chi connectivity index (χ0v) is 10.5. The number of sulfone groups is 1. The molecule has 1 heterocycles. The predicted molar refractivity (Wildman–Crippen MR) is 65.3 cm³/mol. The highest BCUT2D eigenvalue weighted by molar-refractivity contribution is 7.90. The monoisotopic (exact) mass is 256 g/mol. The number of carbonyl (C=O) groups excluding carboxylic acids is 1. The number of hydrogen-bond donors (Lipinski definition) is 1. The summed E-state index contributed by atoms with van der Waals surface area (Å²) in [5.41, 5.74) is 6.28. The van der Waals surface area contributed by atoms with Crippen LogP contribution >= 0.6 is 0 Å². The topological polar surface area (TPSA) is 90.1 Å². The summed E-state index contributed by atoms with van der Waals surface area (Å²) in [5.74, 6) is -0.255. The summed E-state index contributed by atoms with van der Waals surface area (Å²) >= 11 is 0. The molecular formula is C11H16N2O3S. The van der Waals surface area contributed by atoms with Crippen LogP contribution in [0.1, 0.15) is 12.1 Å². The second kappa shape index (κ2) is 5.88. The van der Waals surface area contributed by atoms with Crippen molar-refractivity contribution in [2.24, 2.45) is 5.73 Å². The van der Waals surface area contributed by atoms with Gasteiger partial charge in [-0.25, -0.2) is 8.42 Å². The fourth-order valence-electron chi connectivity index (χ4n) is 1.31. The molecule has 0 fully saturated rings. The van der Waals surface area contributed by atoms with Crippen LogP contribution in [0.3, 0.4) is 0 Å². The average molecular weight is 256 g/mol. The zero-order chi connectivity index (χ0) is 12.9. The van der Waals surface area contributed by atoms with E-state index in [4.69, 9.17) is 5.73 Å². The summed E-state index contributed by atoms with van der Waals surface area (Å²) < 4.78 is 21.9. The molecule has 0 aliphatic rings. The van der Waals surface area contributed by atoms with Crippen molar-refractivity contribution < 1.29 is 13.2 Å². The van der Waals surface area contributed by atoms with Crippen molar-refractivity contribution in [2.75, 3.05) is 12.0 Å². The van der Waals surface area contributed by atoms with Gasteiger partial charge in [-0.15, -0.1) is 0 Å². The van der Waals surface area contributed by atoms with Crippen LogP contribution < -0.4 is 5.73 Å². The minimum Gasteiger partial charge on any atom is -0.321 e. The van der Waals surface area contributed by atoms with Crippen LogP contribution in [0.25, 0.3) is 0 Å². The van der Waals surface area contributed by atoms with E-state index in [0.717, 1.165) is 6.26 Å². The third-order valence-electron chi connectivity index (χ3n) is 2.29. The van der Waals surface area contributed by atoms with E-state index in [2.05, 4.69) is 4.98 Å². The van der Waals surface area contributed by atoms with E-state index in [9.17, 15) is 13.2 Å². The molecule has 94 valence electrons. The first-order valence-corrected chi connectivity index (χ1v) is 7.30. The van der Waals surface area contributed by atoms with Crippen molar-refractivity contribution in [3.05, 3.63) is 30.1 Å². The van der Waals surface area contributed by atoms with E-state index in [0.29, 0.717) is 5.69 Å². The van der Waals surface area contributed by atoms with Gasteiger partial charge in [0.25, 0.3) is 0 Å². The fourth-order valence-corrected chi connectivity index (χ4v) is 2.00. The molecule has 0 spiro atoms. The van der Waals surface area contributed by atoms with E-state index >= 15 is 0 Å². The molecule has 0 aliphatic heterocycles. The molecule has 17 heavy (non-hydrogen) atoms. The number of rotatable bonds is 6. The summed E-state index contributed by atoms with van der Waals surface area (Å²) in [7, 11) is -3.07. The number of ketones is 1. The molecule has 1 unspecified atom stereocenters. The van der Waals surface area contributed by atoms with Gasteiger partial charge in [0.2, 0.25) is 0 Å². The summed E-state index contributed by atoms with van der Waals surface area (Å²) in [4.78, 5) is 15.7. The number of aromatic nitrogens is 1. The van der Waals surface area contributed by atoms with E-state index in [-0.39, 0.29) is 24.4 Å². The number of hydrogen-bond acceptors (Lipinski definition) is 5. The van der Waals surface area contributed by atoms with Crippen molar-refractivity contribution in [3.8, 4) is 0 Å². The third-order valence-corrected chi connectivity index (χ3v) is 3.27. The molecular weight excluding hydrogens is 240 g/mol. The first-order chi connectivity index (χ1) is 7.88. The van der Waals surface area contributed by atoms with Gasteiger partial charge in [-0.05, 0) is 18.6 Å². The summed E-state index contributed by atoms with van der Waals surface area (Å²) in [6, 6.07) is 4.54. The molecule has 1 rings (SSSR count). The highest BCUT2D eigenvalue weighted by Crippen LogP contribution is 2.01. The zero-order valence-electron chi connectivity index (χ0n) is 9.67. The second-order valence-corrected chi connectivity index (χ2v) is 6.25. The van der Waals surface area contributed by atoms with Crippen LogP contribution in [-0.2, 0) is 21.1 Å².